The van der Waals surface area contributed by atoms with Gasteiger partial charge < -0.3 is 24.7 Å². The number of ether oxygens (including phenoxy) is 1. The molecule has 0 aromatic carbocycles. The van der Waals surface area contributed by atoms with E-state index in [1.807, 2.05) is 17.9 Å². The van der Waals surface area contributed by atoms with E-state index in [0.29, 0.717) is 35.7 Å². The number of anilines is 2. The van der Waals surface area contributed by atoms with Crippen LogP contribution in [0.4, 0.5) is 11.6 Å². The van der Waals surface area contributed by atoms with E-state index in [4.69, 9.17) is 26.3 Å². The summed E-state index contributed by atoms with van der Waals surface area (Å²) in [6.45, 7) is 7.63. The zero-order valence-corrected chi connectivity index (χ0v) is 20.6. The Bertz CT molecular complexity index is 1030. The van der Waals surface area contributed by atoms with Crippen LogP contribution in [-0.2, 0) is 11.3 Å². The Hall–Kier alpha value is -1.65. The quantitative estimate of drug-likeness (QED) is 0.654. The normalized spacial score (nSPS) is 22.8. The highest BCUT2D eigenvalue weighted by molar-refractivity contribution is 7.99. The highest BCUT2D eigenvalue weighted by Crippen LogP contribution is 2.43. The Morgan fingerprint density at radius 3 is 2.61 bits per heavy atom. The number of rotatable bonds is 5. The molecule has 2 aromatic heterocycles. The monoisotopic (exact) mass is 491 g/mol. The fourth-order valence-corrected chi connectivity index (χ4v) is 6.23. The van der Waals surface area contributed by atoms with Gasteiger partial charge in [0, 0.05) is 37.3 Å². The van der Waals surface area contributed by atoms with E-state index in [1.165, 1.54) is 11.8 Å². The molecule has 0 unspecified atom stereocenters. The molecule has 3 aliphatic heterocycles. The zero-order chi connectivity index (χ0) is 23.2. The van der Waals surface area contributed by atoms with Crippen molar-refractivity contribution in [2.24, 2.45) is 5.41 Å². The van der Waals surface area contributed by atoms with Crippen molar-refractivity contribution in [3.8, 4) is 0 Å². The number of nitrogens with zero attached hydrogens (tertiary/aromatic N) is 5. The SMILES string of the molecule is Cc1nc(N2CCC3(CC2)CO[C@@H](C)C3)c(CO)nc1Sc1ccnc(N2CC(O)C2)c1Cl. The number of pyridine rings is 1. The Kier molecular flexibility index (Phi) is 6.43. The lowest BCUT2D eigenvalue weighted by Crippen LogP contribution is -2.51. The molecule has 3 saturated heterocycles. The average Bonchev–Trinajstić information content (AvgIpc) is 3.14. The Balaban J connectivity index is 1.34. The van der Waals surface area contributed by atoms with Crippen LogP contribution in [0.25, 0.3) is 0 Å². The molecule has 5 rings (SSSR count). The summed E-state index contributed by atoms with van der Waals surface area (Å²) in [5.74, 6) is 1.45. The molecule has 0 saturated carbocycles. The summed E-state index contributed by atoms with van der Waals surface area (Å²) < 4.78 is 5.85. The van der Waals surface area contributed by atoms with Crippen LogP contribution in [0.2, 0.25) is 5.02 Å². The molecular weight excluding hydrogens is 462 g/mol. The van der Waals surface area contributed by atoms with Crippen molar-refractivity contribution in [2.45, 2.75) is 61.8 Å². The summed E-state index contributed by atoms with van der Waals surface area (Å²) in [5.41, 5.74) is 1.68. The molecule has 0 aliphatic carbocycles. The van der Waals surface area contributed by atoms with Crippen molar-refractivity contribution in [1.29, 1.82) is 0 Å². The summed E-state index contributed by atoms with van der Waals surface area (Å²) >= 11 is 8.07. The van der Waals surface area contributed by atoms with Crippen LogP contribution in [0.1, 0.15) is 37.6 Å². The first-order valence-electron chi connectivity index (χ1n) is 11.5. The maximum Gasteiger partial charge on any atom is 0.153 e. The second-order valence-corrected chi connectivity index (χ2v) is 10.9. The van der Waals surface area contributed by atoms with Crippen molar-refractivity contribution in [3.63, 3.8) is 0 Å². The van der Waals surface area contributed by atoms with Crippen molar-refractivity contribution in [1.82, 2.24) is 15.0 Å². The molecule has 0 bridgehead atoms. The molecular formula is C23H30ClN5O3S. The minimum Gasteiger partial charge on any atom is -0.390 e. The summed E-state index contributed by atoms with van der Waals surface area (Å²) in [5, 5.41) is 20.9. The lowest BCUT2D eigenvalue weighted by atomic mass is 9.77. The number of aliphatic hydroxyl groups excluding tert-OH is 2. The standard InChI is InChI=1S/C23H30ClN5O3S/c1-14-9-23(13-32-14)4-7-28(8-5-23)20-17(12-30)27-22(15(2)26-20)33-18-3-6-25-21(19(18)24)29-10-16(31)11-29/h3,6,14,16,30-31H,4-5,7-13H2,1-2H3/t14-/m0/s1. The Morgan fingerprint density at radius 1 is 1.21 bits per heavy atom. The molecule has 2 N–H and O–H groups in total. The molecule has 5 heterocycles. The van der Waals surface area contributed by atoms with E-state index in [-0.39, 0.29) is 18.1 Å². The Morgan fingerprint density at radius 2 is 1.97 bits per heavy atom. The third kappa shape index (κ3) is 4.53. The third-order valence-electron chi connectivity index (χ3n) is 6.95. The van der Waals surface area contributed by atoms with Gasteiger partial charge in [-0.2, -0.15) is 0 Å². The van der Waals surface area contributed by atoms with Gasteiger partial charge in [0.1, 0.15) is 16.5 Å². The first-order valence-corrected chi connectivity index (χ1v) is 12.7. The van der Waals surface area contributed by atoms with Gasteiger partial charge in [-0.15, -0.1) is 0 Å². The van der Waals surface area contributed by atoms with E-state index in [0.717, 1.165) is 60.4 Å². The van der Waals surface area contributed by atoms with Gasteiger partial charge in [0.05, 0.1) is 36.1 Å². The molecule has 10 heteroatoms. The molecule has 1 spiro atoms. The minimum atomic E-state index is -0.332. The largest absolute Gasteiger partial charge is 0.390 e. The molecule has 0 radical (unpaired) electrons. The third-order valence-corrected chi connectivity index (χ3v) is 8.57. The van der Waals surface area contributed by atoms with Crippen molar-refractivity contribution in [3.05, 3.63) is 28.7 Å². The number of piperidine rings is 1. The van der Waals surface area contributed by atoms with Gasteiger partial charge in [-0.25, -0.2) is 15.0 Å². The highest BCUT2D eigenvalue weighted by atomic mass is 35.5. The van der Waals surface area contributed by atoms with Gasteiger partial charge in [0.25, 0.3) is 0 Å². The smallest absolute Gasteiger partial charge is 0.153 e. The van der Waals surface area contributed by atoms with E-state index >= 15 is 0 Å². The van der Waals surface area contributed by atoms with Gasteiger partial charge in [-0.05, 0) is 44.6 Å². The lowest BCUT2D eigenvalue weighted by Gasteiger charge is -2.39. The summed E-state index contributed by atoms with van der Waals surface area (Å²) in [6.07, 6.45) is 4.99. The second-order valence-electron chi connectivity index (χ2n) is 9.46. The van der Waals surface area contributed by atoms with Gasteiger partial charge in [-0.3, -0.25) is 0 Å². The first kappa shape index (κ1) is 23.1. The molecule has 8 nitrogen and oxygen atoms in total. The summed E-state index contributed by atoms with van der Waals surface area (Å²) in [4.78, 5) is 19.1. The molecule has 3 fully saturated rings. The van der Waals surface area contributed by atoms with Crippen LogP contribution in [-0.4, -0.2) is 70.2 Å². The second kappa shape index (κ2) is 9.19. The summed E-state index contributed by atoms with van der Waals surface area (Å²) in [6, 6.07) is 1.86. The van der Waals surface area contributed by atoms with Crippen LogP contribution < -0.4 is 9.80 Å². The van der Waals surface area contributed by atoms with Crippen LogP contribution in [0.5, 0.6) is 0 Å². The first-order chi connectivity index (χ1) is 15.9. The van der Waals surface area contributed by atoms with Crippen LogP contribution in [0.3, 0.4) is 0 Å². The predicted octanol–water partition coefficient (Wildman–Crippen LogP) is 3.05. The van der Waals surface area contributed by atoms with Crippen molar-refractivity contribution < 1.29 is 14.9 Å². The Labute approximate surface area is 203 Å². The maximum atomic E-state index is 10.1. The maximum absolute atomic E-state index is 10.1. The summed E-state index contributed by atoms with van der Waals surface area (Å²) in [7, 11) is 0. The van der Waals surface area contributed by atoms with E-state index in [2.05, 4.69) is 16.8 Å². The predicted molar refractivity (Wildman–Crippen MR) is 128 cm³/mol. The molecule has 3 aliphatic rings. The minimum absolute atomic E-state index is 0.168. The zero-order valence-electron chi connectivity index (χ0n) is 19.0. The van der Waals surface area contributed by atoms with E-state index in [1.54, 1.807) is 6.20 Å². The molecule has 1 atom stereocenters. The highest BCUT2D eigenvalue weighted by Gasteiger charge is 2.41. The molecule has 0 amide bonds. The molecule has 178 valence electrons. The van der Waals surface area contributed by atoms with E-state index < -0.39 is 0 Å². The van der Waals surface area contributed by atoms with Crippen molar-refractivity contribution in [2.75, 3.05) is 42.6 Å². The number of aromatic nitrogens is 3. The molecule has 2 aromatic rings. The van der Waals surface area contributed by atoms with Gasteiger partial charge in [-0.1, -0.05) is 23.4 Å². The van der Waals surface area contributed by atoms with E-state index in [9.17, 15) is 10.2 Å². The number of β-amino-alcohol motifs (C(OH)–C–C–N with tert-alkyl or cyclic N) is 1. The van der Waals surface area contributed by atoms with Gasteiger partial charge >= 0.3 is 0 Å². The lowest BCUT2D eigenvalue weighted by molar-refractivity contribution is 0.0975. The van der Waals surface area contributed by atoms with Gasteiger partial charge in [0.2, 0.25) is 0 Å². The van der Waals surface area contributed by atoms with Crippen LogP contribution in [0.15, 0.2) is 22.2 Å². The fraction of sp³-hybridized carbons (Fsp3) is 0.609. The number of hydrogen-bond donors (Lipinski definition) is 2. The van der Waals surface area contributed by atoms with Crippen LogP contribution >= 0.6 is 23.4 Å². The van der Waals surface area contributed by atoms with Crippen molar-refractivity contribution >= 4 is 35.0 Å². The fourth-order valence-electron chi connectivity index (χ4n) is 5.02. The number of aryl methyl sites for hydroxylation is 1. The van der Waals surface area contributed by atoms with Gasteiger partial charge in [0.15, 0.2) is 5.82 Å². The molecule has 33 heavy (non-hydrogen) atoms. The number of aliphatic hydroxyl groups is 2. The number of hydrogen-bond acceptors (Lipinski definition) is 9. The average molecular weight is 492 g/mol. The number of halogens is 1. The van der Waals surface area contributed by atoms with Crippen LogP contribution in [0, 0.1) is 12.3 Å². The topological polar surface area (TPSA) is 94.8 Å².